The van der Waals surface area contributed by atoms with Crippen LogP contribution < -0.4 is 15.4 Å². The first-order valence-corrected chi connectivity index (χ1v) is 10.2. The van der Waals surface area contributed by atoms with Crippen molar-refractivity contribution in [1.82, 2.24) is 0 Å². The minimum atomic E-state index is -0.372. The summed E-state index contributed by atoms with van der Waals surface area (Å²) in [4.78, 5) is 24.4. The fraction of sp³-hybridized carbons (Fsp3) is 0.120. The molecule has 0 unspecified atom stereocenters. The summed E-state index contributed by atoms with van der Waals surface area (Å²) in [7, 11) is 0. The molecule has 0 aliphatic carbocycles. The van der Waals surface area contributed by atoms with Crippen molar-refractivity contribution in [3.8, 4) is 5.75 Å². The third kappa shape index (κ3) is 6.59. The van der Waals surface area contributed by atoms with E-state index in [1.807, 2.05) is 30.3 Å². The second kappa shape index (κ2) is 10.8. The Labute approximate surface area is 190 Å². The molecule has 33 heavy (non-hydrogen) atoms. The molecule has 2 aromatic heterocycles. The number of ether oxygens (including phenoxy) is 2. The van der Waals surface area contributed by atoms with Crippen molar-refractivity contribution in [2.75, 3.05) is 17.2 Å². The minimum absolute atomic E-state index is 0.186. The summed E-state index contributed by atoms with van der Waals surface area (Å²) in [6.07, 6.45) is 3.03. The molecule has 4 aromatic rings. The van der Waals surface area contributed by atoms with E-state index in [2.05, 4.69) is 10.6 Å². The molecule has 0 aliphatic rings. The van der Waals surface area contributed by atoms with Gasteiger partial charge in [0.15, 0.2) is 12.4 Å². The number of furan rings is 2. The molecule has 0 bridgehead atoms. The largest absolute Gasteiger partial charge is 0.484 e. The molecule has 4 rings (SSSR count). The molecule has 0 atom stereocenters. The van der Waals surface area contributed by atoms with Gasteiger partial charge in [0.1, 0.15) is 18.1 Å². The van der Waals surface area contributed by atoms with Crippen molar-refractivity contribution < 1.29 is 27.9 Å². The van der Waals surface area contributed by atoms with Gasteiger partial charge in [-0.05, 0) is 54.1 Å². The van der Waals surface area contributed by atoms with Crippen LogP contribution in [0.4, 0.5) is 11.4 Å². The van der Waals surface area contributed by atoms with E-state index in [1.165, 1.54) is 6.26 Å². The lowest BCUT2D eigenvalue weighted by molar-refractivity contribution is -0.118. The molecular formula is C25H22N2O6. The zero-order chi connectivity index (χ0) is 22.9. The monoisotopic (exact) mass is 446 g/mol. The Bertz CT molecular complexity index is 1190. The molecule has 0 radical (unpaired) electrons. The van der Waals surface area contributed by atoms with Crippen molar-refractivity contribution in [3.63, 3.8) is 0 Å². The molecule has 0 saturated heterocycles. The molecule has 8 nitrogen and oxygen atoms in total. The van der Waals surface area contributed by atoms with E-state index in [-0.39, 0.29) is 24.2 Å². The first kappa shape index (κ1) is 21.9. The van der Waals surface area contributed by atoms with Gasteiger partial charge in [0.25, 0.3) is 11.8 Å². The summed E-state index contributed by atoms with van der Waals surface area (Å²) in [5, 5.41) is 5.51. The number of amides is 2. The molecule has 168 valence electrons. The van der Waals surface area contributed by atoms with Gasteiger partial charge in [0.05, 0.1) is 19.1 Å². The van der Waals surface area contributed by atoms with Crippen molar-refractivity contribution in [2.24, 2.45) is 0 Å². The molecule has 2 heterocycles. The van der Waals surface area contributed by atoms with E-state index in [0.717, 1.165) is 11.3 Å². The van der Waals surface area contributed by atoms with Crippen LogP contribution in [0.3, 0.4) is 0 Å². The maximum Gasteiger partial charge on any atom is 0.291 e. The average molecular weight is 446 g/mol. The second-order valence-corrected chi connectivity index (χ2v) is 7.07. The molecule has 0 saturated carbocycles. The summed E-state index contributed by atoms with van der Waals surface area (Å²) in [6.45, 7) is 0.574. The smallest absolute Gasteiger partial charge is 0.291 e. The van der Waals surface area contributed by atoms with Crippen molar-refractivity contribution in [1.29, 1.82) is 0 Å². The number of nitrogens with one attached hydrogen (secondary N) is 2. The summed E-state index contributed by atoms with van der Waals surface area (Å²) in [5.74, 6) is 0.717. The second-order valence-electron chi connectivity index (χ2n) is 7.07. The van der Waals surface area contributed by atoms with Gasteiger partial charge in [-0.15, -0.1) is 0 Å². The Morgan fingerprint density at radius 1 is 0.788 bits per heavy atom. The standard InChI is InChI=1S/C25H22N2O6/c28-24(26-19-6-1-5-18(13-19)15-30-16-22-9-3-11-31-22)17-33-21-8-2-7-20(14-21)27-25(29)23-10-4-12-32-23/h1-14H,15-17H2,(H,26,28)(H,27,29). The minimum Gasteiger partial charge on any atom is -0.484 e. The zero-order valence-corrected chi connectivity index (χ0v) is 17.7. The Hall–Kier alpha value is -4.30. The molecule has 0 aliphatic heterocycles. The van der Waals surface area contributed by atoms with Crippen LogP contribution in [0.25, 0.3) is 0 Å². The van der Waals surface area contributed by atoms with Gasteiger partial charge in [-0.25, -0.2) is 0 Å². The number of hydrogen-bond acceptors (Lipinski definition) is 6. The third-order valence-corrected chi connectivity index (χ3v) is 4.51. The Morgan fingerprint density at radius 2 is 1.58 bits per heavy atom. The Balaban J connectivity index is 1.25. The van der Waals surface area contributed by atoms with Crippen molar-refractivity contribution >= 4 is 23.2 Å². The molecule has 0 spiro atoms. The number of carbonyl (C=O) groups excluding carboxylic acids is 2. The van der Waals surface area contributed by atoms with Crippen LogP contribution in [0, 0.1) is 0 Å². The van der Waals surface area contributed by atoms with Crippen LogP contribution >= 0.6 is 0 Å². The highest BCUT2D eigenvalue weighted by atomic mass is 16.5. The predicted octanol–water partition coefficient (Wildman–Crippen LogP) is 4.86. The summed E-state index contributed by atoms with van der Waals surface area (Å²) in [6, 6.07) is 21.0. The fourth-order valence-electron chi connectivity index (χ4n) is 3.01. The third-order valence-electron chi connectivity index (χ3n) is 4.51. The van der Waals surface area contributed by atoms with Gasteiger partial charge < -0.3 is 28.9 Å². The van der Waals surface area contributed by atoms with Crippen molar-refractivity contribution in [2.45, 2.75) is 13.2 Å². The quantitative estimate of drug-likeness (QED) is 0.361. The maximum atomic E-state index is 12.3. The lowest BCUT2D eigenvalue weighted by Crippen LogP contribution is -2.20. The number of hydrogen-bond donors (Lipinski definition) is 2. The number of carbonyl (C=O) groups is 2. The average Bonchev–Trinajstić information content (AvgIpc) is 3.53. The van der Waals surface area contributed by atoms with Gasteiger partial charge in [-0.3, -0.25) is 9.59 Å². The van der Waals surface area contributed by atoms with Gasteiger partial charge in [-0.1, -0.05) is 18.2 Å². The topological polar surface area (TPSA) is 103 Å². The normalized spacial score (nSPS) is 10.5. The lowest BCUT2D eigenvalue weighted by Gasteiger charge is -2.10. The van der Waals surface area contributed by atoms with E-state index in [9.17, 15) is 9.59 Å². The van der Waals surface area contributed by atoms with Crippen molar-refractivity contribution in [3.05, 3.63) is 102 Å². The van der Waals surface area contributed by atoms with E-state index < -0.39 is 0 Å². The summed E-state index contributed by atoms with van der Waals surface area (Å²) in [5.41, 5.74) is 2.08. The molecule has 2 N–H and O–H groups in total. The molecule has 2 aromatic carbocycles. The van der Waals surface area contributed by atoms with Gasteiger partial charge in [0.2, 0.25) is 0 Å². The summed E-state index contributed by atoms with van der Waals surface area (Å²) >= 11 is 0. The van der Waals surface area contributed by atoms with Crippen LogP contribution in [0.1, 0.15) is 21.9 Å². The SMILES string of the molecule is O=C(COc1cccc(NC(=O)c2ccco2)c1)Nc1cccc(COCc2ccco2)c1. The van der Waals surface area contributed by atoms with Gasteiger partial charge in [0, 0.05) is 17.4 Å². The van der Waals surface area contributed by atoms with Gasteiger partial charge in [-0.2, -0.15) is 0 Å². The number of rotatable bonds is 10. The van der Waals surface area contributed by atoms with Crippen LogP contribution in [-0.2, 0) is 22.7 Å². The summed E-state index contributed by atoms with van der Waals surface area (Å²) < 4.78 is 21.5. The first-order chi connectivity index (χ1) is 16.2. The van der Waals surface area contributed by atoms with E-state index in [0.29, 0.717) is 30.3 Å². The molecule has 2 amide bonds. The van der Waals surface area contributed by atoms with E-state index in [4.69, 9.17) is 18.3 Å². The number of anilines is 2. The molecule has 0 fully saturated rings. The maximum absolute atomic E-state index is 12.3. The highest BCUT2D eigenvalue weighted by molar-refractivity contribution is 6.02. The highest BCUT2D eigenvalue weighted by Crippen LogP contribution is 2.19. The van der Waals surface area contributed by atoms with Gasteiger partial charge >= 0.3 is 0 Å². The van der Waals surface area contributed by atoms with E-state index >= 15 is 0 Å². The van der Waals surface area contributed by atoms with Crippen LogP contribution in [-0.4, -0.2) is 18.4 Å². The van der Waals surface area contributed by atoms with E-state index in [1.54, 1.807) is 48.7 Å². The number of benzene rings is 2. The molecular weight excluding hydrogens is 424 g/mol. The Morgan fingerprint density at radius 3 is 2.36 bits per heavy atom. The van der Waals surface area contributed by atoms with Crippen LogP contribution in [0.5, 0.6) is 5.75 Å². The highest BCUT2D eigenvalue weighted by Gasteiger charge is 2.10. The predicted molar refractivity (Wildman–Crippen MR) is 121 cm³/mol. The van der Waals surface area contributed by atoms with Crippen LogP contribution in [0.2, 0.25) is 0 Å². The lowest BCUT2D eigenvalue weighted by atomic mass is 10.2. The Kier molecular flexibility index (Phi) is 7.19. The zero-order valence-electron chi connectivity index (χ0n) is 17.7. The first-order valence-electron chi connectivity index (χ1n) is 10.2. The fourth-order valence-corrected chi connectivity index (χ4v) is 3.01. The van der Waals surface area contributed by atoms with Crippen LogP contribution in [0.15, 0.2) is 94.2 Å². The molecule has 8 heteroatoms.